The first kappa shape index (κ1) is 16.2. The second kappa shape index (κ2) is 6.51. The van der Waals surface area contributed by atoms with Gasteiger partial charge >= 0.3 is 5.97 Å². The van der Waals surface area contributed by atoms with Crippen LogP contribution in [0.25, 0.3) is 0 Å². The van der Waals surface area contributed by atoms with Gasteiger partial charge in [-0.05, 0) is 18.6 Å². The van der Waals surface area contributed by atoms with Gasteiger partial charge in [-0.1, -0.05) is 18.2 Å². The Bertz CT molecular complexity index is 609. The van der Waals surface area contributed by atoms with Crippen LogP contribution in [0.3, 0.4) is 0 Å². The number of aryl methyl sites for hydroxylation is 1. The van der Waals surface area contributed by atoms with Crippen LogP contribution in [0, 0.1) is 6.92 Å². The van der Waals surface area contributed by atoms with Crippen LogP contribution in [-0.4, -0.2) is 44.0 Å². The predicted molar refractivity (Wildman–Crippen MR) is 75.5 cm³/mol. The Hall–Kier alpha value is -1.89. The first-order chi connectivity index (χ1) is 9.20. The number of hydrogen-bond donors (Lipinski definition) is 1. The molecule has 110 valence electrons. The van der Waals surface area contributed by atoms with Crippen molar-refractivity contribution in [1.29, 1.82) is 0 Å². The molecule has 0 fully saturated rings. The smallest absolute Gasteiger partial charge is 0.305 e. The molecule has 0 saturated heterocycles. The highest BCUT2D eigenvalue weighted by atomic mass is 32.2. The number of benzene rings is 1. The van der Waals surface area contributed by atoms with Gasteiger partial charge in [-0.3, -0.25) is 9.59 Å². The molecule has 6 nitrogen and oxygen atoms in total. The average molecular weight is 299 g/mol. The van der Waals surface area contributed by atoms with Crippen LogP contribution in [0.1, 0.15) is 12.0 Å². The Kier molecular flexibility index (Phi) is 5.26. The molecule has 1 rings (SSSR count). The van der Waals surface area contributed by atoms with E-state index in [4.69, 9.17) is 5.11 Å². The molecule has 0 aliphatic rings. The summed E-state index contributed by atoms with van der Waals surface area (Å²) in [5.41, 5.74) is 1.31. The maximum absolute atomic E-state index is 12.1. The SMILES string of the molecule is Cc1ccccc1N(CCC(=O)O)C(=O)CS(C)(=O)=O. The van der Waals surface area contributed by atoms with E-state index in [0.717, 1.165) is 11.8 Å². The van der Waals surface area contributed by atoms with Gasteiger partial charge in [-0.15, -0.1) is 0 Å². The zero-order valence-corrected chi connectivity index (χ0v) is 12.2. The van der Waals surface area contributed by atoms with Crippen LogP contribution in [0.2, 0.25) is 0 Å². The lowest BCUT2D eigenvalue weighted by Crippen LogP contribution is -2.37. The van der Waals surface area contributed by atoms with Gasteiger partial charge < -0.3 is 10.0 Å². The van der Waals surface area contributed by atoms with Crippen molar-refractivity contribution in [3.63, 3.8) is 0 Å². The van der Waals surface area contributed by atoms with Crippen molar-refractivity contribution in [2.75, 3.05) is 23.5 Å². The molecule has 0 spiro atoms. The summed E-state index contributed by atoms with van der Waals surface area (Å²) in [4.78, 5) is 24.0. The normalized spacial score (nSPS) is 11.1. The molecule has 1 aromatic rings. The third-order valence-corrected chi connectivity index (χ3v) is 3.41. The van der Waals surface area contributed by atoms with Crippen molar-refractivity contribution >= 4 is 27.4 Å². The topological polar surface area (TPSA) is 91.8 Å². The van der Waals surface area contributed by atoms with Gasteiger partial charge in [-0.25, -0.2) is 8.42 Å². The number of carboxylic acid groups (broad SMARTS) is 1. The van der Waals surface area contributed by atoms with Gasteiger partial charge in [0.25, 0.3) is 0 Å². The lowest BCUT2D eigenvalue weighted by atomic mass is 10.1. The fourth-order valence-corrected chi connectivity index (χ4v) is 2.36. The minimum Gasteiger partial charge on any atom is -0.481 e. The summed E-state index contributed by atoms with van der Waals surface area (Å²) in [6.07, 6.45) is 0.724. The van der Waals surface area contributed by atoms with Crippen molar-refractivity contribution in [3.05, 3.63) is 29.8 Å². The number of carbonyl (C=O) groups is 2. The van der Waals surface area contributed by atoms with E-state index in [1.54, 1.807) is 31.2 Å². The number of anilines is 1. The highest BCUT2D eigenvalue weighted by Gasteiger charge is 2.21. The van der Waals surface area contributed by atoms with Crippen LogP contribution in [-0.2, 0) is 19.4 Å². The Morgan fingerprint density at radius 1 is 1.25 bits per heavy atom. The fraction of sp³-hybridized carbons (Fsp3) is 0.385. The van der Waals surface area contributed by atoms with Crippen molar-refractivity contribution in [1.82, 2.24) is 0 Å². The number of nitrogens with zero attached hydrogens (tertiary/aromatic N) is 1. The summed E-state index contributed by atoms with van der Waals surface area (Å²) in [5.74, 6) is -2.31. The van der Waals surface area contributed by atoms with Gasteiger partial charge in [0.15, 0.2) is 9.84 Å². The molecular formula is C13H17NO5S. The third kappa shape index (κ3) is 5.00. The number of sulfone groups is 1. The maximum Gasteiger partial charge on any atom is 0.305 e. The second-order valence-corrected chi connectivity index (χ2v) is 6.69. The first-order valence-corrected chi connectivity index (χ1v) is 8.02. The van der Waals surface area contributed by atoms with Crippen LogP contribution in [0.4, 0.5) is 5.69 Å². The summed E-state index contributed by atoms with van der Waals surface area (Å²) in [7, 11) is -3.47. The van der Waals surface area contributed by atoms with Gasteiger partial charge in [-0.2, -0.15) is 0 Å². The number of rotatable bonds is 6. The molecule has 0 aliphatic heterocycles. The molecule has 20 heavy (non-hydrogen) atoms. The number of carboxylic acids is 1. The quantitative estimate of drug-likeness (QED) is 0.840. The van der Waals surface area contributed by atoms with E-state index >= 15 is 0 Å². The molecular weight excluding hydrogens is 282 g/mol. The van der Waals surface area contributed by atoms with Crippen molar-refractivity contribution < 1.29 is 23.1 Å². The Balaban J connectivity index is 3.05. The molecule has 0 aliphatic carbocycles. The maximum atomic E-state index is 12.1. The van der Waals surface area contributed by atoms with Crippen LogP contribution >= 0.6 is 0 Å². The molecule has 0 bridgehead atoms. The van der Waals surface area contributed by atoms with Gasteiger partial charge in [0, 0.05) is 18.5 Å². The van der Waals surface area contributed by atoms with Crippen molar-refractivity contribution in [2.24, 2.45) is 0 Å². The van der Waals surface area contributed by atoms with E-state index < -0.39 is 27.5 Å². The van der Waals surface area contributed by atoms with Crippen LogP contribution < -0.4 is 4.90 Å². The summed E-state index contributed by atoms with van der Waals surface area (Å²) in [6, 6.07) is 6.94. The summed E-state index contributed by atoms with van der Waals surface area (Å²) in [5, 5.41) is 8.74. The minimum absolute atomic E-state index is 0.0610. The monoisotopic (exact) mass is 299 g/mol. The number of aliphatic carboxylic acids is 1. The molecule has 1 aromatic carbocycles. The Morgan fingerprint density at radius 3 is 2.35 bits per heavy atom. The van der Waals surface area contributed by atoms with E-state index in [2.05, 4.69) is 0 Å². The first-order valence-electron chi connectivity index (χ1n) is 5.96. The minimum atomic E-state index is -3.47. The summed E-state index contributed by atoms with van der Waals surface area (Å²) < 4.78 is 22.5. The molecule has 0 radical (unpaired) electrons. The van der Waals surface area contributed by atoms with E-state index in [0.29, 0.717) is 5.69 Å². The van der Waals surface area contributed by atoms with Gasteiger partial charge in [0.05, 0.1) is 6.42 Å². The average Bonchev–Trinajstić information content (AvgIpc) is 2.28. The van der Waals surface area contributed by atoms with E-state index in [-0.39, 0.29) is 13.0 Å². The molecule has 1 N–H and O–H groups in total. The molecule has 0 heterocycles. The number of hydrogen-bond acceptors (Lipinski definition) is 4. The molecule has 1 amide bonds. The predicted octanol–water partition coefficient (Wildman–Crippen LogP) is 0.847. The van der Waals surface area contributed by atoms with Crippen molar-refractivity contribution in [3.8, 4) is 0 Å². The largest absolute Gasteiger partial charge is 0.481 e. The molecule has 7 heteroatoms. The molecule has 0 unspecified atom stereocenters. The Morgan fingerprint density at radius 2 is 1.85 bits per heavy atom. The molecule has 0 atom stereocenters. The van der Waals surface area contributed by atoms with Crippen molar-refractivity contribution in [2.45, 2.75) is 13.3 Å². The summed E-state index contributed by atoms with van der Waals surface area (Å²) in [6.45, 7) is 1.71. The number of para-hydroxylation sites is 1. The van der Waals surface area contributed by atoms with Crippen LogP contribution in [0.5, 0.6) is 0 Å². The zero-order valence-electron chi connectivity index (χ0n) is 11.4. The van der Waals surface area contributed by atoms with E-state index in [1.807, 2.05) is 0 Å². The Labute approximate surface area is 117 Å². The highest BCUT2D eigenvalue weighted by molar-refractivity contribution is 7.91. The van der Waals surface area contributed by atoms with Crippen LogP contribution in [0.15, 0.2) is 24.3 Å². The van der Waals surface area contributed by atoms with E-state index in [1.165, 1.54) is 4.90 Å². The molecule has 0 aromatic heterocycles. The van der Waals surface area contributed by atoms with E-state index in [9.17, 15) is 18.0 Å². The molecule has 0 saturated carbocycles. The lowest BCUT2D eigenvalue weighted by Gasteiger charge is -2.23. The second-order valence-electron chi connectivity index (χ2n) is 4.55. The standard InChI is InChI=1S/C13H17NO5S/c1-10-5-3-4-6-11(10)14(8-7-13(16)17)12(15)9-20(2,18)19/h3-6H,7-9H2,1-2H3,(H,16,17). The van der Waals surface area contributed by atoms with Gasteiger partial charge in [0.1, 0.15) is 5.75 Å². The fourth-order valence-electron chi connectivity index (χ4n) is 1.76. The zero-order chi connectivity index (χ0) is 15.3. The van der Waals surface area contributed by atoms with Gasteiger partial charge in [0.2, 0.25) is 5.91 Å². The highest BCUT2D eigenvalue weighted by Crippen LogP contribution is 2.20. The number of amides is 1. The summed E-state index contributed by atoms with van der Waals surface area (Å²) >= 11 is 0. The lowest BCUT2D eigenvalue weighted by molar-refractivity contribution is -0.136. The third-order valence-electron chi connectivity index (χ3n) is 2.64. The number of carbonyl (C=O) groups excluding carboxylic acids is 1.